The largest absolute Gasteiger partial charge is 0.466 e. The Balaban J connectivity index is 3.32. The van der Waals surface area contributed by atoms with Crippen LogP contribution in [0.2, 0.25) is 0 Å². The molecule has 0 aliphatic rings. The van der Waals surface area contributed by atoms with Crippen LogP contribution in [0.25, 0.3) is 0 Å². The number of aliphatic hydroxyl groups excluding tert-OH is 1. The van der Waals surface area contributed by atoms with Gasteiger partial charge >= 0.3 is 12.1 Å². The van der Waals surface area contributed by atoms with E-state index in [1.54, 1.807) is 13.0 Å². The minimum absolute atomic E-state index is 0.0415. The van der Waals surface area contributed by atoms with Gasteiger partial charge in [-0.2, -0.15) is 18.4 Å². The zero-order chi connectivity index (χ0) is 15.3. The van der Waals surface area contributed by atoms with Crippen molar-refractivity contribution < 1.29 is 27.8 Å². The maximum absolute atomic E-state index is 12.9. The first kappa shape index (κ1) is 16.0. The molecule has 0 bridgehead atoms. The second kappa shape index (κ2) is 6.39. The van der Waals surface area contributed by atoms with Gasteiger partial charge in [-0.05, 0) is 24.1 Å². The van der Waals surface area contributed by atoms with E-state index < -0.39 is 30.7 Å². The molecule has 1 aromatic rings. The van der Waals surface area contributed by atoms with E-state index >= 15 is 0 Å². The molecule has 20 heavy (non-hydrogen) atoms. The molecular formula is C13H12F3NO3. The van der Waals surface area contributed by atoms with Crippen LogP contribution < -0.4 is 0 Å². The number of aliphatic hydroxyl groups is 1. The van der Waals surface area contributed by atoms with Crippen molar-refractivity contribution in [1.29, 1.82) is 5.26 Å². The van der Waals surface area contributed by atoms with Gasteiger partial charge in [0, 0.05) is 0 Å². The predicted octanol–water partition coefficient (Wildman–Crippen LogP) is 2.17. The summed E-state index contributed by atoms with van der Waals surface area (Å²) < 4.78 is 43.3. The van der Waals surface area contributed by atoms with Crippen molar-refractivity contribution in [2.75, 3.05) is 6.61 Å². The quantitative estimate of drug-likeness (QED) is 0.862. The lowest BCUT2D eigenvalue weighted by molar-refractivity contribution is -0.143. The Morgan fingerprint density at radius 3 is 2.50 bits per heavy atom. The standard InChI is InChI=1S/C13H12F3NO3/c1-2-20-12(19)5-8-3-10(7-18)9(6-17)4-11(8)13(14,15)16/h3-4,18H,2,5,7H2,1H3. The second-order valence-electron chi connectivity index (χ2n) is 3.92. The van der Waals surface area contributed by atoms with Crippen LogP contribution in [0.4, 0.5) is 13.2 Å². The summed E-state index contributed by atoms with van der Waals surface area (Å²) in [4.78, 5) is 11.3. The van der Waals surface area contributed by atoms with Gasteiger partial charge in [0.1, 0.15) is 0 Å². The van der Waals surface area contributed by atoms with E-state index in [-0.39, 0.29) is 23.3 Å². The molecule has 0 unspecified atom stereocenters. The van der Waals surface area contributed by atoms with Crippen LogP contribution in [-0.2, 0) is 28.7 Å². The molecule has 1 rings (SSSR count). The molecular weight excluding hydrogens is 275 g/mol. The molecule has 1 N–H and O–H groups in total. The van der Waals surface area contributed by atoms with Gasteiger partial charge in [-0.1, -0.05) is 6.07 Å². The van der Waals surface area contributed by atoms with Gasteiger partial charge in [0.2, 0.25) is 0 Å². The lowest BCUT2D eigenvalue weighted by Crippen LogP contribution is -2.15. The summed E-state index contributed by atoms with van der Waals surface area (Å²) in [6.07, 6.45) is -5.26. The molecule has 1 aromatic carbocycles. The first-order valence-corrected chi connectivity index (χ1v) is 5.73. The molecule has 4 nitrogen and oxygen atoms in total. The highest BCUT2D eigenvalue weighted by Gasteiger charge is 2.34. The van der Waals surface area contributed by atoms with E-state index in [1.807, 2.05) is 0 Å². The maximum atomic E-state index is 12.9. The summed E-state index contributed by atoms with van der Waals surface area (Å²) in [5.41, 5.74) is -1.62. The Kier molecular flexibility index (Phi) is 5.11. The third-order valence-corrected chi connectivity index (χ3v) is 2.57. The van der Waals surface area contributed by atoms with Gasteiger partial charge in [-0.3, -0.25) is 4.79 Å². The second-order valence-corrected chi connectivity index (χ2v) is 3.92. The number of alkyl halides is 3. The fourth-order valence-corrected chi connectivity index (χ4v) is 1.71. The number of nitrogens with zero attached hydrogens (tertiary/aromatic N) is 1. The average molecular weight is 287 g/mol. The first-order chi connectivity index (χ1) is 9.33. The van der Waals surface area contributed by atoms with Crippen molar-refractivity contribution in [3.05, 3.63) is 34.4 Å². The van der Waals surface area contributed by atoms with Gasteiger partial charge < -0.3 is 9.84 Å². The number of hydrogen-bond donors (Lipinski definition) is 1. The molecule has 0 aliphatic heterocycles. The number of rotatable bonds is 4. The number of benzene rings is 1. The monoisotopic (exact) mass is 287 g/mol. The highest BCUT2D eigenvalue weighted by Crippen LogP contribution is 2.34. The third-order valence-electron chi connectivity index (χ3n) is 2.57. The third kappa shape index (κ3) is 3.71. The van der Waals surface area contributed by atoms with Gasteiger partial charge in [-0.25, -0.2) is 0 Å². The fraction of sp³-hybridized carbons (Fsp3) is 0.385. The SMILES string of the molecule is CCOC(=O)Cc1cc(CO)c(C#N)cc1C(F)(F)F. The van der Waals surface area contributed by atoms with Crippen LogP contribution in [0, 0.1) is 11.3 Å². The van der Waals surface area contributed by atoms with Crippen molar-refractivity contribution in [3.63, 3.8) is 0 Å². The molecule has 0 spiro atoms. The van der Waals surface area contributed by atoms with E-state index in [0.29, 0.717) is 6.07 Å². The molecule has 0 radical (unpaired) electrons. The molecule has 7 heteroatoms. The number of esters is 1. The number of carbonyl (C=O) groups is 1. The molecule has 0 heterocycles. The summed E-state index contributed by atoms with van der Waals surface area (Å²) in [6.45, 7) is 1.01. The lowest BCUT2D eigenvalue weighted by Gasteiger charge is -2.14. The smallest absolute Gasteiger partial charge is 0.416 e. The summed E-state index contributed by atoms with van der Waals surface area (Å²) >= 11 is 0. The molecule has 0 saturated heterocycles. The van der Waals surface area contributed by atoms with Crippen LogP contribution in [0.5, 0.6) is 0 Å². The van der Waals surface area contributed by atoms with Crippen molar-refractivity contribution >= 4 is 5.97 Å². The Hall–Kier alpha value is -2.07. The molecule has 0 saturated carbocycles. The summed E-state index contributed by atoms with van der Waals surface area (Å²) in [7, 11) is 0. The predicted molar refractivity (Wildman–Crippen MR) is 62.4 cm³/mol. The number of hydrogen-bond acceptors (Lipinski definition) is 4. The topological polar surface area (TPSA) is 70.3 Å². The van der Waals surface area contributed by atoms with Crippen LogP contribution in [-0.4, -0.2) is 17.7 Å². The normalized spacial score (nSPS) is 11.0. The maximum Gasteiger partial charge on any atom is 0.416 e. The number of carbonyl (C=O) groups excluding carboxylic acids is 1. The van der Waals surface area contributed by atoms with Crippen LogP contribution in [0.3, 0.4) is 0 Å². The van der Waals surface area contributed by atoms with Crippen molar-refractivity contribution in [1.82, 2.24) is 0 Å². The molecule has 0 atom stereocenters. The van der Waals surface area contributed by atoms with E-state index in [0.717, 1.165) is 6.07 Å². The van der Waals surface area contributed by atoms with Crippen LogP contribution in [0.1, 0.15) is 29.2 Å². The molecule has 0 aromatic heterocycles. The van der Waals surface area contributed by atoms with Gasteiger partial charge in [-0.15, -0.1) is 0 Å². The minimum Gasteiger partial charge on any atom is -0.466 e. The Morgan fingerprint density at radius 2 is 2.05 bits per heavy atom. The Bertz CT molecular complexity index is 547. The van der Waals surface area contributed by atoms with Crippen molar-refractivity contribution in [2.24, 2.45) is 0 Å². The summed E-state index contributed by atoms with van der Waals surface area (Å²) in [6, 6.07) is 3.24. The Morgan fingerprint density at radius 1 is 1.40 bits per heavy atom. The van der Waals surface area contributed by atoms with Gasteiger partial charge in [0.15, 0.2) is 0 Å². The van der Waals surface area contributed by atoms with Gasteiger partial charge in [0.05, 0.1) is 36.8 Å². The van der Waals surface area contributed by atoms with Gasteiger partial charge in [0.25, 0.3) is 0 Å². The molecule has 0 aliphatic carbocycles. The van der Waals surface area contributed by atoms with E-state index in [1.165, 1.54) is 0 Å². The first-order valence-electron chi connectivity index (χ1n) is 5.73. The van der Waals surface area contributed by atoms with Crippen molar-refractivity contribution in [3.8, 4) is 6.07 Å². The van der Waals surface area contributed by atoms with E-state index in [9.17, 15) is 18.0 Å². The summed E-state index contributed by atoms with van der Waals surface area (Å²) in [5.74, 6) is -0.799. The number of nitriles is 1. The highest BCUT2D eigenvalue weighted by molar-refractivity contribution is 5.73. The highest BCUT2D eigenvalue weighted by atomic mass is 19.4. The van der Waals surface area contributed by atoms with Crippen molar-refractivity contribution in [2.45, 2.75) is 26.1 Å². The summed E-state index contributed by atoms with van der Waals surface area (Å²) in [5, 5.41) is 17.8. The van der Waals surface area contributed by atoms with Crippen LogP contribution in [0.15, 0.2) is 12.1 Å². The zero-order valence-electron chi connectivity index (χ0n) is 10.6. The van der Waals surface area contributed by atoms with Crippen LogP contribution >= 0.6 is 0 Å². The van der Waals surface area contributed by atoms with E-state index in [4.69, 9.17) is 10.4 Å². The minimum atomic E-state index is -4.69. The fourth-order valence-electron chi connectivity index (χ4n) is 1.71. The lowest BCUT2D eigenvalue weighted by atomic mass is 9.97. The van der Waals surface area contributed by atoms with E-state index in [2.05, 4.69) is 4.74 Å². The molecule has 108 valence electrons. The average Bonchev–Trinajstić information content (AvgIpc) is 2.37. The molecule has 0 fully saturated rings. The number of ether oxygens (including phenoxy) is 1. The molecule has 0 amide bonds. The number of halogens is 3. The Labute approximate surface area is 113 Å². The zero-order valence-corrected chi connectivity index (χ0v) is 10.6.